The van der Waals surface area contributed by atoms with E-state index in [1.807, 2.05) is 6.07 Å². The SMILES string of the molecule is COCc1[nH]n(-c2ccccc2)c(=O)c1/C=C1\NC(=O)N(Cc2ccccc2F)C1=O. The number of amides is 3. The minimum atomic E-state index is -0.688. The average molecular weight is 422 g/mol. The van der Waals surface area contributed by atoms with Gasteiger partial charge in [0.25, 0.3) is 11.5 Å². The first-order chi connectivity index (χ1) is 15.0. The molecule has 0 spiro atoms. The number of imide groups is 1. The van der Waals surface area contributed by atoms with Gasteiger partial charge in [-0.25, -0.2) is 13.9 Å². The highest BCUT2D eigenvalue weighted by Gasteiger charge is 2.34. The molecule has 3 amide bonds. The van der Waals surface area contributed by atoms with E-state index < -0.39 is 23.3 Å². The zero-order valence-corrected chi connectivity index (χ0v) is 16.6. The molecule has 0 radical (unpaired) electrons. The first-order valence-electron chi connectivity index (χ1n) is 9.46. The van der Waals surface area contributed by atoms with Crippen LogP contribution in [0.25, 0.3) is 11.8 Å². The van der Waals surface area contributed by atoms with E-state index in [9.17, 15) is 18.8 Å². The van der Waals surface area contributed by atoms with Crippen molar-refractivity contribution in [1.29, 1.82) is 0 Å². The fourth-order valence-electron chi connectivity index (χ4n) is 3.31. The lowest BCUT2D eigenvalue weighted by Gasteiger charge is -2.12. The van der Waals surface area contributed by atoms with Crippen molar-refractivity contribution in [2.24, 2.45) is 0 Å². The van der Waals surface area contributed by atoms with E-state index >= 15 is 0 Å². The number of nitrogens with zero attached hydrogens (tertiary/aromatic N) is 2. The number of benzene rings is 2. The molecule has 4 rings (SSSR count). The maximum atomic E-state index is 13.9. The number of aromatic amines is 1. The number of urea groups is 1. The monoisotopic (exact) mass is 422 g/mol. The number of nitrogens with one attached hydrogen (secondary N) is 2. The van der Waals surface area contributed by atoms with Crippen LogP contribution in [0.4, 0.5) is 9.18 Å². The first-order valence-corrected chi connectivity index (χ1v) is 9.46. The van der Waals surface area contributed by atoms with Crippen LogP contribution in [0.3, 0.4) is 0 Å². The van der Waals surface area contributed by atoms with Crippen molar-refractivity contribution in [3.63, 3.8) is 0 Å². The summed E-state index contributed by atoms with van der Waals surface area (Å²) in [5.74, 6) is -1.16. The molecule has 0 atom stereocenters. The van der Waals surface area contributed by atoms with Crippen molar-refractivity contribution in [2.75, 3.05) is 7.11 Å². The fraction of sp³-hybridized carbons (Fsp3) is 0.136. The Morgan fingerprint density at radius 2 is 1.74 bits per heavy atom. The van der Waals surface area contributed by atoms with Crippen LogP contribution in [-0.2, 0) is 22.7 Å². The van der Waals surface area contributed by atoms with Crippen LogP contribution in [0, 0.1) is 5.82 Å². The van der Waals surface area contributed by atoms with E-state index in [4.69, 9.17) is 4.74 Å². The van der Waals surface area contributed by atoms with E-state index in [2.05, 4.69) is 10.4 Å². The molecule has 3 aromatic rings. The molecule has 31 heavy (non-hydrogen) atoms. The minimum Gasteiger partial charge on any atom is -0.378 e. The second-order valence-electron chi connectivity index (χ2n) is 6.88. The summed E-state index contributed by atoms with van der Waals surface area (Å²) in [6, 6.07) is 14.1. The summed E-state index contributed by atoms with van der Waals surface area (Å²) in [6.07, 6.45) is 1.31. The highest BCUT2D eigenvalue weighted by molar-refractivity contribution is 6.13. The number of para-hydroxylation sites is 1. The number of ether oxygens (including phenoxy) is 1. The molecule has 0 unspecified atom stereocenters. The number of H-pyrrole nitrogens is 1. The molecule has 0 saturated carbocycles. The summed E-state index contributed by atoms with van der Waals surface area (Å²) in [5.41, 5.74) is 0.966. The molecule has 2 heterocycles. The molecule has 0 bridgehead atoms. The van der Waals surface area contributed by atoms with E-state index in [0.29, 0.717) is 11.4 Å². The van der Waals surface area contributed by atoms with Crippen LogP contribution < -0.4 is 10.9 Å². The smallest absolute Gasteiger partial charge is 0.329 e. The predicted molar refractivity (Wildman–Crippen MR) is 111 cm³/mol. The number of rotatable bonds is 6. The topological polar surface area (TPSA) is 96.4 Å². The summed E-state index contributed by atoms with van der Waals surface area (Å²) >= 11 is 0. The van der Waals surface area contributed by atoms with E-state index in [0.717, 1.165) is 4.90 Å². The van der Waals surface area contributed by atoms with Crippen LogP contribution in [0.15, 0.2) is 65.1 Å². The highest BCUT2D eigenvalue weighted by Crippen LogP contribution is 2.19. The van der Waals surface area contributed by atoms with Crippen LogP contribution in [0.2, 0.25) is 0 Å². The third kappa shape index (κ3) is 3.90. The quantitative estimate of drug-likeness (QED) is 0.471. The first kappa shape index (κ1) is 20.3. The van der Waals surface area contributed by atoms with Gasteiger partial charge in [0.05, 0.1) is 30.1 Å². The molecule has 1 saturated heterocycles. The maximum Gasteiger partial charge on any atom is 0.329 e. The van der Waals surface area contributed by atoms with E-state index in [1.165, 1.54) is 36.1 Å². The summed E-state index contributed by atoms with van der Waals surface area (Å²) in [6.45, 7) is -0.129. The molecule has 9 heteroatoms. The van der Waals surface area contributed by atoms with Gasteiger partial charge in [-0.2, -0.15) is 0 Å². The Bertz CT molecular complexity index is 1230. The largest absolute Gasteiger partial charge is 0.378 e. The molecule has 158 valence electrons. The van der Waals surface area contributed by atoms with Crippen LogP contribution in [0.5, 0.6) is 0 Å². The molecule has 1 aliphatic rings. The van der Waals surface area contributed by atoms with Gasteiger partial charge in [0, 0.05) is 12.7 Å². The summed E-state index contributed by atoms with van der Waals surface area (Å²) in [7, 11) is 1.48. The van der Waals surface area contributed by atoms with E-state index in [-0.39, 0.29) is 30.0 Å². The molecule has 1 fully saturated rings. The molecule has 2 aromatic carbocycles. The molecule has 1 aromatic heterocycles. The predicted octanol–water partition coefficient (Wildman–Crippen LogP) is 2.54. The lowest BCUT2D eigenvalue weighted by molar-refractivity contribution is -0.123. The second-order valence-corrected chi connectivity index (χ2v) is 6.88. The van der Waals surface area contributed by atoms with Gasteiger partial charge >= 0.3 is 6.03 Å². The van der Waals surface area contributed by atoms with Gasteiger partial charge in [-0.1, -0.05) is 36.4 Å². The zero-order valence-electron chi connectivity index (χ0n) is 16.6. The number of methoxy groups -OCH3 is 1. The Morgan fingerprint density at radius 3 is 2.45 bits per heavy atom. The van der Waals surface area contributed by atoms with Crippen molar-refractivity contribution < 1.29 is 18.7 Å². The zero-order chi connectivity index (χ0) is 22.0. The third-order valence-corrected chi connectivity index (χ3v) is 4.85. The van der Waals surface area contributed by atoms with Crippen molar-refractivity contribution in [2.45, 2.75) is 13.2 Å². The van der Waals surface area contributed by atoms with Gasteiger partial charge in [-0.15, -0.1) is 0 Å². The summed E-state index contributed by atoms with van der Waals surface area (Å²) in [5, 5.41) is 5.43. The van der Waals surface area contributed by atoms with Gasteiger partial charge in [0.2, 0.25) is 0 Å². The summed E-state index contributed by atoms with van der Waals surface area (Å²) in [4.78, 5) is 39.0. The van der Waals surface area contributed by atoms with Gasteiger partial charge in [0.1, 0.15) is 11.5 Å². The Balaban J connectivity index is 1.69. The Morgan fingerprint density at radius 1 is 1.03 bits per heavy atom. The van der Waals surface area contributed by atoms with Gasteiger partial charge in [0.15, 0.2) is 0 Å². The third-order valence-electron chi connectivity index (χ3n) is 4.85. The van der Waals surface area contributed by atoms with Crippen LogP contribution >= 0.6 is 0 Å². The molecular weight excluding hydrogens is 403 g/mol. The van der Waals surface area contributed by atoms with Gasteiger partial charge in [-0.3, -0.25) is 19.6 Å². The number of hydrogen-bond donors (Lipinski definition) is 2. The van der Waals surface area contributed by atoms with Gasteiger partial charge in [-0.05, 0) is 24.3 Å². The molecule has 8 nitrogen and oxygen atoms in total. The van der Waals surface area contributed by atoms with E-state index in [1.54, 1.807) is 30.3 Å². The Hall–Kier alpha value is -3.98. The van der Waals surface area contributed by atoms with Crippen molar-refractivity contribution >= 4 is 18.0 Å². The lowest BCUT2D eigenvalue weighted by atomic mass is 10.2. The normalized spacial score (nSPS) is 15.0. The molecular formula is C22H19FN4O4. The average Bonchev–Trinajstić information content (AvgIpc) is 3.22. The molecule has 2 N–H and O–H groups in total. The summed E-state index contributed by atoms with van der Waals surface area (Å²) < 4.78 is 20.4. The molecule has 0 aliphatic carbocycles. The minimum absolute atomic E-state index is 0.0741. The highest BCUT2D eigenvalue weighted by atomic mass is 19.1. The van der Waals surface area contributed by atoms with Crippen LogP contribution in [-0.4, -0.2) is 33.7 Å². The van der Waals surface area contributed by atoms with Crippen molar-refractivity contribution in [1.82, 2.24) is 20.0 Å². The lowest BCUT2D eigenvalue weighted by Crippen LogP contribution is -2.30. The standard InChI is InChI=1S/C22H19FN4O4/c1-31-13-19-16(20(28)27(25-19)15-8-3-2-4-9-15)11-18-21(29)26(22(30)24-18)12-14-7-5-6-10-17(14)23/h2-11,25H,12-13H2,1H3,(H,24,30)/b18-11-. The Kier molecular flexibility index (Phi) is 5.50. The number of hydrogen-bond acceptors (Lipinski definition) is 4. The second kappa shape index (κ2) is 8.41. The van der Waals surface area contributed by atoms with Crippen molar-refractivity contribution in [3.05, 3.63) is 93.3 Å². The number of halogens is 1. The number of carbonyl (C=O) groups is 2. The van der Waals surface area contributed by atoms with Gasteiger partial charge < -0.3 is 10.1 Å². The fourth-order valence-corrected chi connectivity index (χ4v) is 3.31. The van der Waals surface area contributed by atoms with Crippen molar-refractivity contribution in [3.8, 4) is 5.69 Å². The van der Waals surface area contributed by atoms with Crippen LogP contribution in [0.1, 0.15) is 16.8 Å². The Labute approximate surface area is 176 Å². The number of aromatic nitrogens is 2. The molecule has 1 aliphatic heterocycles. The number of carbonyl (C=O) groups excluding carboxylic acids is 2. The maximum absolute atomic E-state index is 13.9.